The van der Waals surface area contributed by atoms with E-state index in [-0.39, 0.29) is 11.2 Å². The van der Waals surface area contributed by atoms with Gasteiger partial charge in [0.1, 0.15) is 11.1 Å². The molecule has 2 rings (SSSR count). The van der Waals surface area contributed by atoms with E-state index in [2.05, 4.69) is 14.8 Å². The van der Waals surface area contributed by atoms with Gasteiger partial charge in [-0.3, -0.25) is 4.79 Å². The highest BCUT2D eigenvalue weighted by Crippen LogP contribution is 2.39. The van der Waals surface area contributed by atoms with Crippen LogP contribution in [-0.4, -0.2) is 32.6 Å². The van der Waals surface area contributed by atoms with Crippen LogP contribution in [0.4, 0.5) is 0 Å². The van der Waals surface area contributed by atoms with Gasteiger partial charge in [-0.1, -0.05) is 11.8 Å². The van der Waals surface area contributed by atoms with Gasteiger partial charge in [0.15, 0.2) is 5.16 Å². The van der Waals surface area contributed by atoms with E-state index in [1.165, 1.54) is 11.8 Å². The van der Waals surface area contributed by atoms with Gasteiger partial charge in [-0.2, -0.15) is 0 Å². The van der Waals surface area contributed by atoms with Crippen molar-refractivity contribution < 1.29 is 9.53 Å². The largest absolute Gasteiger partial charge is 0.465 e. The fourth-order valence-corrected chi connectivity index (χ4v) is 2.63. The fourth-order valence-electron chi connectivity index (χ4n) is 1.69. The number of nitrogens with two attached hydrogens (primary N) is 1. The first kappa shape index (κ1) is 13.4. The van der Waals surface area contributed by atoms with Gasteiger partial charge in [-0.15, -0.1) is 10.2 Å². The second-order valence-electron chi connectivity index (χ2n) is 4.22. The highest BCUT2D eigenvalue weighted by atomic mass is 32.2. The molecular weight excluding hydrogens is 252 g/mol. The number of carbonyl (C=O) groups excluding carboxylic acids is 1. The van der Waals surface area contributed by atoms with Crippen molar-refractivity contribution >= 4 is 17.7 Å². The average Bonchev–Trinajstić information content (AvgIpc) is 3.11. The number of hydrogen-bond donors (Lipinski definition) is 1. The molecule has 0 aliphatic heterocycles. The van der Waals surface area contributed by atoms with Gasteiger partial charge in [0.25, 0.3) is 0 Å². The molecule has 1 aliphatic carbocycles. The first-order chi connectivity index (χ1) is 8.67. The lowest BCUT2D eigenvalue weighted by atomic mass is 10.5. The molecule has 1 aliphatic rings. The molecule has 18 heavy (non-hydrogen) atoms. The van der Waals surface area contributed by atoms with Crippen LogP contribution in [0.1, 0.15) is 38.6 Å². The Morgan fingerprint density at radius 2 is 2.33 bits per heavy atom. The van der Waals surface area contributed by atoms with Crippen LogP contribution in [-0.2, 0) is 16.1 Å². The topological polar surface area (TPSA) is 83.0 Å². The summed E-state index contributed by atoms with van der Waals surface area (Å²) in [6.45, 7) is 4.39. The summed E-state index contributed by atoms with van der Waals surface area (Å²) in [5.41, 5.74) is 5.64. The lowest BCUT2D eigenvalue weighted by Crippen LogP contribution is -2.18. The van der Waals surface area contributed by atoms with Crippen molar-refractivity contribution in [2.24, 2.45) is 5.73 Å². The lowest BCUT2D eigenvalue weighted by molar-refractivity contribution is -0.142. The number of aromatic nitrogens is 3. The zero-order valence-corrected chi connectivity index (χ0v) is 11.4. The molecule has 2 N–H and O–H groups in total. The third kappa shape index (κ3) is 2.84. The van der Waals surface area contributed by atoms with E-state index >= 15 is 0 Å². The summed E-state index contributed by atoms with van der Waals surface area (Å²) in [5, 5.41) is 8.67. The molecule has 0 amide bonds. The number of carbonyl (C=O) groups is 1. The Morgan fingerprint density at radius 1 is 1.61 bits per heavy atom. The van der Waals surface area contributed by atoms with E-state index in [9.17, 15) is 4.79 Å². The summed E-state index contributed by atoms with van der Waals surface area (Å²) >= 11 is 1.38. The van der Waals surface area contributed by atoms with E-state index < -0.39 is 0 Å². The molecule has 0 spiro atoms. The summed E-state index contributed by atoms with van der Waals surface area (Å²) in [6.07, 6.45) is 2.26. The second kappa shape index (κ2) is 5.71. The minimum absolute atomic E-state index is 0.220. The van der Waals surface area contributed by atoms with E-state index in [4.69, 9.17) is 10.5 Å². The average molecular weight is 270 g/mol. The Labute approximate surface area is 110 Å². The maximum Gasteiger partial charge on any atom is 0.319 e. The summed E-state index contributed by atoms with van der Waals surface area (Å²) in [4.78, 5) is 11.6. The quantitative estimate of drug-likeness (QED) is 0.616. The summed E-state index contributed by atoms with van der Waals surface area (Å²) in [6, 6.07) is 0.454. The number of thioether (sulfide) groups is 1. The fraction of sp³-hybridized carbons (Fsp3) is 0.727. The van der Waals surface area contributed by atoms with Crippen molar-refractivity contribution in [3.05, 3.63) is 5.82 Å². The number of nitrogens with zero attached hydrogens (tertiary/aromatic N) is 3. The van der Waals surface area contributed by atoms with Crippen LogP contribution in [0.2, 0.25) is 0 Å². The molecule has 1 aromatic heterocycles. The zero-order valence-electron chi connectivity index (χ0n) is 10.6. The Hall–Kier alpha value is -1.08. The summed E-state index contributed by atoms with van der Waals surface area (Å²) < 4.78 is 7.04. The highest BCUT2D eigenvalue weighted by molar-refractivity contribution is 8.00. The molecule has 7 heteroatoms. The lowest BCUT2D eigenvalue weighted by Gasteiger charge is -2.11. The van der Waals surface area contributed by atoms with Crippen LogP contribution in [0.25, 0.3) is 0 Å². The molecule has 1 saturated carbocycles. The number of hydrogen-bond acceptors (Lipinski definition) is 6. The van der Waals surface area contributed by atoms with E-state index in [0.29, 0.717) is 19.2 Å². The summed E-state index contributed by atoms with van der Waals surface area (Å²) in [7, 11) is 0. The molecule has 0 radical (unpaired) electrons. The van der Waals surface area contributed by atoms with Crippen LogP contribution in [0, 0.1) is 0 Å². The molecule has 0 bridgehead atoms. The summed E-state index contributed by atoms with van der Waals surface area (Å²) in [5.74, 6) is 0.568. The molecule has 6 nitrogen and oxygen atoms in total. The molecule has 100 valence electrons. The zero-order chi connectivity index (χ0) is 13.1. The van der Waals surface area contributed by atoms with E-state index in [1.807, 2.05) is 6.92 Å². The predicted octanol–water partition coefficient (Wildman–Crippen LogP) is 1.12. The van der Waals surface area contributed by atoms with Crippen molar-refractivity contribution in [2.45, 2.75) is 49.7 Å². The van der Waals surface area contributed by atoms with Crippen LogP contribution in [0.5, 0.6) is 0 Å². The van der Waals surface area contributed by atoms with Crippen LogP contribution < -0.4 is 5.73 Å². The van der Waals surface area contributed by atoms with Gasteiger partial charge >= 0.3 is 5.97 Å². The van der Waals surface area contributed by atoms with Crippen molar-refractivity contribution in [2.75, 3.05) is 6.61 Å². The minimum Gasteiger partial charge on any atom is -0.465 e. The van der Waals surface area contributed by atoms with Gasteiger partial charge in [0.05, 0.1) is 13.2 Å². The van der Waals surface area contributed by atoms with Gasteiger partial charge in [-0.05, 0) is 26.7 Å². The third-order valence-electron chi connectivity index (χ3n) is 2.73. The minimum atomic E-state index is -0.280. The monoisotopic (exact) mass is 270 g/mol. The van der Waals surface area contributed by atoms with E-state index in [1.54, 1.807) is 6.92 Å². The predicted molar refractivity (Wildman–Crippen MR) is 68.1 cm³/mol. The molecular formula is C11H18N4O2S. The second-order valence-corrected chi connectivity index (χ2v) is 5.52. The molecule has 1 unspecified atom stereocenters. The van der Waals surface area contributed by atoms with Gasteiger partial charge in [0.2, 0.25) is 0 Å². The number of ether oxygens (including phenoxy) is 1. The normalized spacial score (nSPS) is 16.6. The standard InChI is InChI=1S/C11H18N4O2S/c1-3-17-10(16)7(2)18-11-14-13-9(6-12)15(11)8-4-5-8/h7-8H,3-6,12H2,1-2H3. The van der Waals surface area contributed by atoms with Crippen LogP contribution in [0.3, 0.4) is 0 Å². The number of rotatable bonds is 6. The van der Waals surface area contributed by atoms with Crippen molar-refractivity contribution in [1.82, 2.24) is 14.8 Å². The van der Waals surface area contributed by atoms with Crippen molar-refractivity contribution in [3.8, 4) is 0 Å². The Balaban J connectivity index is 2.09. The molecule has 0 aromatic carbocycles. The van der Waals surface area contributed by atoms with Crippen molar-refractivity contribution in [3.63, 3.8) is 0 Å². The first-order valence-electron chi connectivity index (χ1n) is 6.14. The maximum atomic E-state index is 11.6. The SMILES string of the molecule is CCOC(=O)C(C)Sc1nnc(CN)n1C1CC1. The maximum absolute atomic E-state index is 11.6. The van der Waals surface area contributed by atoms with Gasteiger partial charge in [-0.25, -0.2) is 0 Å². The first-order valence-corrected chi connectivity index (χ1v) is 7.02. The van der Waals surface area contributed by atoms with E-state index in [0.717, 1.165) is 23.8 Å². The molecule has 1 fully saturated rings. The third-order valence-corrected chi connectivity index (χ3v) is 3.77. The molecule has 1 heterocycles. The molecule has 0 saturated heterocycles. The Morgan fingerprint density at radius 3 is 2.89 bits per heavy atom. The van der Waals surface area contributed by atoms with Gasteiger partial charge < -0.3 is 15.0 Å². The smallest absolute Gasteiger partial charge is 0.319 e. The van der Waals surface area contributed by atoms with Crippen molar-refractivity contribution in [1.29, 1.82) is 0 Å². The Kier molecular flexibility index (Phi) is 4.23. The molecule has 1 atom stereocenters. The Bertz CT molecular complexity index is 431. The number of esters is 1. The highest BCUT2D eigenvalue weighted by Gasteiger charge is 2.30. The van der Waals surface area contributed by atoms with Crippen LogP contribution in [0.15, 0.2) is 5.16 Å². The molecule has 1 aromatic rings. The van der Waals surface area contributed by atoms with Crippen LogP contribution >= 0.6 is 11.8 Å². The van der Waals surface area contributed by atoms with Gasteiger partial charge in [0, 0.05) is 6.04 Å².